The quantitative estimate of drug-likeness (QED) is 0.819. The van der Waals surface area contributed by atoms with Crippen LogP contribution in [0.2, 0.25) is 0 Å². The number of amides is 1. The van der Waals surface area contributed by atoms with Crippen molar-refractivity contribution in [1.29, 1.82) is 0 Å². The smallest absolute Gasteiger partial charge is 0.255 e. The fraction of sp³-hybridized carbons (Fsp3) is 0.435. The van der Waals surface area contributed by atoms with E-state index in [2.05, 4.69) is 49.2 Å². The number of para-hydroxylation sites is 1. The van der Waals surface area contributed by atoms with Crippen molar-refractivity contribution in [2.24, 2.45) is 0 Å². The van der Waals surface area contributed by atoms with E-state index in [4.69, 9.17) is 0 Å². The summed E-state index contributed by atoms with van der Waals surface area (Å²) in [7, 11) is 0. The highest BCUT2D eigenvalue weighted by molar-refractivity contribution is 6.04. The van der Waals surface area contributed by atoms with Crippen molar-refractivity contribution in [3.05, 3.63) is 65.2 Å². The highest BCUT2D eigenvalue weighted by Crippen LogP contribution is 2.29. The molecule has 0 saturated carbocycles. The molecular weight excluding hydrogens is 320 g/mol. The summed E-state index contributed by atoms with van der Waals surface area (Å²) in [4.78, 5) is 15.2. The van der Waals surface area contributed by atoms with Gasteiger partial charge in [-0.25, -0.2) is 0 Å². The first kappa shape index (κ1) is 18.7. The summed E-state index contributed by atoms with van der Waals surface area (Å²) in [6.07, 6.45) is 3.95. The number of piperidine rings is 1. The highest BCUT2D eigenvalue weighted by atomic mass is 16.1. The van der Waals surface area contributed by atoms with Crippen molar-refractivity contribution in [3.8, 4) is 0 Å². The van der Waals surface area contributed by atoms with E-state index < -0.39 is 0 Å². The lowest BCUT2D eigenvalue weighted by Crippen LogP contribution is -2.29. The number of hydrogen-bond donors (Lipinski definition) is 1. The molecular formula is C23H30N2O. The SMILES string of the molecule is CC(C)(C)c1ccccc1NC(=O)c1ccc(CN2CCCCC2)cc1. The predicted octanol–water partition coefficient (Wildman–Crippen LogP) is 5.22. The molecule has 1 amide bonds. The van der Waals surface area contributed by atoms with Gasteiger partial charge in [-0.15, -0.1) is 0 Å². The maximum atomic E-state index is 12.7. The molecule has 3 rings (SSSR count). The van der Waals surface area contributed by atoms with Gasteiger partial charge in [-0.3, -0.25) is 9.69 Å². The van der Waals surface area contributed by atoms with Crippen molar-refractivity contribution in [3.63, 3.8) is 0 Å². The second-order valence-electron chi connectivity index (χ2n) is 8.28. The summed E-state index contributed by atoms with van der Waals surface area (Å²) >= 11 is 0. The lowest BCUT2D eigenvalue weighted by molar-refractivity contribution is 0.102. The molecule has 1 saturated heterocycles. The number of carbonyl (C=O) groups excluding carboxylic acids is 1. The minimum Gasteiger partial charge on any atom is -0.322 e. The summed E-state index contributed by atoms with van der Waals surface area (Å²) in [5, 5.41) is 3.08. The number of carbonyl (C=O) groups is 1. The summed E-state index contributed by atoms with van der Waals surface area (Å²) < 4.78 is 0. The van der Waals surface area contributed by atoms with Gasteiger partial charge in [0.25, 0.3) is 5.91 Å². The van der Waals surface area contributed by atoms with Crippen LogP contribution >= 0.6 is 0 Å². The zero-order valence-electron chi connectivity index (χ0n) is 16.2. The lowest BCUT2D eigenvalue weighted by Gasteiger charge is -2.26. The zero-order valence-corrected chi connectivity index (χ0v) is 16.2. The normalized spacial score (nSPS) is 15.7. The van der Waals surface area contributed by atoms with Gasteiger partial charge in [-0.2, -0.15) is 0 Å². The molecule has 0 atom stereocenters. The number of benzene rings is 2. The number of nitrogens with zero attached hydrogens (tertiary/aromatic N) is 1. The van der Waals surface area contributed by atoms with Crippen LogP contribution in [-0.2, 0) is 12.0 Å². The Morgan fingerprint density at radius 3 is 2.27 bits per heavy atom. The minimum absolute atomic E-state index is 0.0117. The average molecular weight is 351 g/mol. The van der Waals surface area contributed by atoms with Crippen molar-refractivity contribution in [2.45, 2.75) is 52.0 Å². The maximum Gasteiger partial charge on any atom is 0.255 e. The van der Waals surface area contributed by atoms with Crippen LogP contribution < -0.4 is 5.32 Å². The average Bonchev–Trinajstić information content (AvgIpc) is 2.63. The molecule has 0 spiro atoms. The van der Waals surface area contributed by atoms with Gasteiger partial charge in [-0.05, 0) is 60.7 Å². The Balaban J connectivity index is 1.67. The van der Waals surface area contributed by atoms with Gasteiger partial charge in [0.2, 0.25) is 0 Å². The largest absolute Gasteiger partial charge is 0.322 e. The molecule has 2 aromatic rings. The van der Waals surface area contributed by atoms with E-state index in [9.17, 15) is 4.79 Å². The Morgan fingerprint density at radius 2 is 1.62 bits per heavy atom. The Labute approximate surface area is 157 Å². The molecule has 1 aliphatic rings. The third-order valence-electron chi connectivity index (χ3n) is 5.05. The van der Waals surface area contributed by atoms with Crippen LogP contribution in [0.15, 0.2) is 48.5 Å². The molecule has 0 radical (unpaired) electrons. The van der Waals surface area contributed by atoms with Crippen molar-refractivity contribution in [1.82, 2.24) is 4.90 Å². The minimum atomic E-state index is -0.0498. The first-order valence-corrected chi connectivity index (χ1v) is 9.66. The van der Waals surface area contributed by atoms with Gasteiger partial charge in [0, 0.05) is 17.8 Å². The molecule has 1 aliphatic heterocycles. The first-order chi connectivity index (χ1) is 12.4. The summed E-state index contributed by atoms with van der Waals surface area (Å²) in [5.41, 5.74) is 4.01. The van der Waals surface area contributed by atoms with Crippen LogP contribution in [0.4, 0.5) is 5.69 Å². The molecule has 1 fully saturated rings. The van der Waals surface area contributed by atoms with Gasteiger partial charge < -0.3 is 5.32 Å². The van der Waals surface area contributed by atoms with Crippen LogP contribution in [-0.4, -0.2) is 23.9 Å². The van der Waals surface area contributed by atoms with Gasteiger partial charge in [0.05, 0.1) is 0 Å². The monoisotopic (exact) mass is 350 g/mol. The lowest BCUT2D eigenvalue weighted by atomic mass is 9.86. The molecule has 1 heterocycles. The number of nitrogens with one attached hydrogen (secondary N) is 1. The van der Waals surface area contributed by atoms with Crippen LogP contribution in [0.25, 0.3) is 0 Å². The fourth-order valence-corrected chi connectivity index (χ4v) is 3.58. The van der Waals surface area contributed by atoms with Gasteiger partial charge in [0.1, 0.15) is 0 Å². The maximum absolute atomic E-state index is 12.7. The van der Waals surface area contributed by atoms with Gasteiger partial charge in [-0.1, -0.05) is 57.5 Å². The molecule has 0 aliphatic carbocycles. The second-order valence-corrected chi connectivity index (χ2v) is 8.28. The van der Waals surface area contributed by atoms with E-state index >= 15 is 0 Å². The van der Waals surface area contributed by atoms with E-state index in [1.807, 2.05) is 30.3 Å². The molecule has 1 N–H and O–H groups in total. The summed E-state index contributed by atoms with van der Waals surface area (Å²) in [6, 6.07) is 16.1. The number of likely N-dealkylation sites (tertiary alicyclic amines) is 1. The van der Waals surface area contributed by atoms with Crippen LogP contribution in [0.1, 0.15) is 61.5 Å². The Hall–Kier alpha value is -2.13. The molecule has 0 unspecified atom stereocenters. The second kappa shape index (κ2) is 8.05. The van der Waals surface area contributed by atoms with Crippen molar-refractivity contribution >= 4 is 11.6 Å². The molecule has 138 valence electrons. The van der Waals surface area contributed by atoms with Crippen LogP contribution in [0.3, 0.4) is 0 Å². The van der Waals surface area contributed by atoms with Crippen molar-refractivity contribution in [2.75, 3.05) is 18.4 Å². The van der Waals surface area contributed by atoms with Crippen LogP contribution in [0.5, 0.6) is 0 Å². The molecule has 0 aromatic heterocycles. The van der Waals surface area contributed by atoms with E-state index in [0.717, 1.165) is 17.8 Å². The van der Waals surface area contributed by atoms with E-state index in [0.29, 0.717) is 5.56 Å². The molecule has 2 aromatic carbocycles. The van der Waals surface area contributed by atoms with Crippen LogP contribution in [0, 0.1) is 0 Å². The number of anilines is 1. The highest BCUT2D eigenvalue weighted by Gasteiger charge is 2.19. The third kappa shape index (κ3) is 4.73. The third-order valence-corrected chi connectivity index (χ3v) is 5.05. The van der Waals surface area contributed by atoms with E-state index in [-0.39, 0.29) is 11.3 Å². The molecule has 3 heteroatoms. The van der Waals surface area contributed by atoms with E-state index in [1.165, 1.54) is 37.9 Å². The standard InChI is InChI=1S/C23H30N2O/c1-23(2,3)20-9-5-6-10-21(20)24-22(26)19-13-11-18(12-14-19)17-25-15-7-4-8-16-25/h5-6,9-14H,4,7-8,15-17H2,1-3H3,(H,24,26). The number of hydrogen-bond acceptors (Lipinski definition) is 2. The van der Waals surface area contributed by atoms with Gasteiger partial charge in [0.15, 0.2) is 0 Å². The van der Waals surface area contributed by atoms with Gasteiger partial charge >= 0.3 is 0 Å². The first-order valence-electron chi connectivity index (χ1n) is 9.66. The Bertz CT molecular complexity index is 738. The molecule has 26 heavy (non-hydrogen) atoms. The molecule has 3 nitrogen and oxygen atoms in total. The van der Waals surface area contributed by atoms with Crippen molar-refractivity contribution < 1.29 is 4.79 Å². The predicted molar refractivity (Wildman–Crippen MR) is 109 cm³/mol. The fourth-order valence-electron chi connectivity index (χ4n) is 3.58. The summed E-state index contributed by atoms with van der Waals surface area (Å²) in [6.45, 7) is 9.83. The topological polar surface area (TPSA) is 32.3 Å². The number of rotatable bonds is 4. The Morgan fingerprint density at radius 1 is 0.962 bits per heavy atom. The molecule has 0 bridgehead atoms. The zero-order chi connectivity index (χ0) is 18.6. The summed E-state index contributed by atoms with van der Waals surface area (Å²) in [5.74, 6) is -0.0498. The Kier molecular flexibility index (Phi) is 5.77. The van der Waals surface area contributed by atoms with E-state index in [1.54, 1.807) is 0 Å².